The molecule has 0 unspecified atom stereocenters. The second kappa shape index (κ2) is 9.78. The summed E-state index contributed by atoms with van der Waals surface area (Å²) >= 11 is 0. The zero-order valence-electron chi connectivity index (χ0n) is 23.6. The number of hydrogen-bond acceptors (Lipinski definition) is 6. The van der Waals surface area contributed by atoms with Crippen molar-refractivity contribution < 1.29 is 0 Å². The molecule has 5 aromatic rings. The van der Waals surface area contributed by atoms with Crippen molar-refractivity contribution in [3.8, 4) is 5.69 Å². The fourth-order valence-corrected chi connectivity index (χ4v) is 5.68. The molecule has 0 saturated carbocycles. The van der Waals surface area contributed by atoms with Crippen molar-refractivity contribution in [1.29, 1.82) is 0 Å². The number of fused-ring (bicyclic) bond motifs is 4. The lowest BCUT2D eigenvalue weighted by molar-refractivity contribution is 0.815. The fourth-order valence-electron chi connectivity index (χ4n) is 5.68. The van der Waals surface area contributed by atoms with Gasteiger partial charge in [-0.25, -0.2) is 14.7 Å². The fraction of sp³-hybridized carbons (Fsp3) is 0.147. The third-order valence-corrected chi connectivity index (χ3v) is 7.65. The normalized spacial score (nSPS) is 15.3. The van der Waals surface area contributed by atoms with E-state index in [1.165, 1.54) is 5.56 Å². The maximum Gasteiger partial charge on any atom is 0.179 e. The molecule has 7 nitrogen and oxygen atoms in total. The van der Waals surface area contributed by atoms with Crippen molar-refractivity contribution in [2.24, 2.45) is 9.98 Å². The number of amidine groups is 2. The van der Waals surface area contributed by atoms with E-state index in [4.69, 9.17) is 15.1 Å². The van der Waals surface area contributed by atoms with Gasteiger partial charge in [-0.1, -0.05) is 54.6 Å². The standard InChI is InChI=1S/C34H31N7/c1-22-11-10-12-25(21-22)35-32-34-37-33-30(23(2)38-41(33)27-13-6-5-7-14-27)31(24-17-19-26(20-18-24)39(3)4)40(34)29-16-9-8-15-28(29)36-32/h5-21,31H,1-4H3,(H,35,36)/t31-/m1/s1. The molecule has 0 fully saturated rings. The van der Waals surface area contributed by atoms with E-state index in [0.29, 0.717) is 5.84 Å². The number of para-hydroxylation sites is 3. The minimum absolute atomic E-state index is 0.155. The summed E-state index contributed by atoms with van der Waals surface area (Å²) in [4.78, 5) is 14.9. The molecule has 7 heteroatoms. The number of rotatable bonds is 4. The van der Waals surface area contributed by atoms with Crippen molar-refractivity contribution in [3.63, 3.8) is 0 Å². The molecule has 41 heavy (non-hydrogen) atoms. The summed E-state index contributed by atoms with van der Waals surface area (Å²) in [7, 11) is 4.13. The van der Waals surface area contributed by atoms with Crippen LogP contribution in [0, 0.1) is 13.8 Å². The zero-order valence-corrected chi connectivity index (χ0v) is 23.6. The van der Waals surface area contributed by atoms with Crippen LogP contribution in [0.2, 0.25) is 0 Å². The molecule has 0 bridgehead atoms. The van der Waals surface area contributed by atoms with Crippen LogP contribution in [0.25, 0.3) is 5.69 Å². The first-order valence-corrected chi connectivity index (χ1v) is 13.8. The van der Waals surface area contributed by atoms with E-state index in [-0.39, 0.29) is 6.04 Å². The Labute approximate surface area is 240 Å². The number of nitrogens with one attached hydrogen (secondary N) is 1. The van der Waals surface area contributed by atoms with Gasteiger partial charge >= 0.3 is 0 Å². The number of anilines is 3. The number of aromatic nitrogens is 2. The van der Waals surface area contributed by atoms with Crippen LogP contribution in [0.5, 0.6) is 0 Å². The number of benzene rings is 4. The molecule has 0 radical (unpaired) electrons. The van der Waals surface area contributed by atoms with E-state index in [1.54, 1.807) is 0 Å². The second-order valence-electron chi connectivity index (χ2n) is 10.7. The summed E-state index contributed by atoms with van der Waals surface area (Å²) in [6, 6.07) is 35.4. The summed E-state index contributed by atoms with van der Waals surface area (Å²) in [6.45, 7) is 4.17. The van der Waals surface area contributed by atoms with Crippen LogP contribution in [-0.2, 0) is 0 Å². The van der Waals surface area contributed by atoms with Gasteiger partial charge in [0, 0.05) is 31.0 Å². The van der Waals surface area contributed by atoms with Crippen LogP contribution in [0.3, 0.4) is 0 Å². The molecule has 1 N–H and O–H groups in total. The lowest BCUT2D eigenvalue weighted by Crippen LogP contribution is -2.46. The largest absolute Gasteiger partial charge is 0.378 e. The van der Waals surface area contributed by atoms with Gasteiger partial charge in [0.1, 0.15) is 0 Å². The van der Waals surface area contributed by atoms with Crippen LogP contribution in [0.15, 0.2) is 113 Å². The average Bonchev–Trinajstić information content (AvgIpc) is 3.32. The number of aryl methyl sites for hydroxylation is 2. The number of aliphatic imine (C=N–C) groups is 2. The van der Waals surface area contributed by atoms with Crippen molar-refractivity contribution >= 4 is 40.2 Å². The zero-order chi connectivity index (χ0) is 28.1. The topological polar surface area (TPSA) is 61.1 Å². The molecule has 0 amide bonds. The molecule has 4 aromatic carbocycles. The van der Waals surface area contributed by atoms with Crippen LogP contribution in [-0.4, -0.2) is 35.5 Å². The van der Waals surface area contributed by atoms with E-state index >= 15 is 0 Å². The molecule has 2 aliphatic heterocycles. The Morgan fingerprint density at radius 2 is 1.54 bits per heavy atom. The first-order chi connectivity index (χ1) is 20.0. The highest BCUT2D eigenvalue weighted by Crippen LogP contribution is 2.48. The van der Waals surface area contributed by atoms with Crippen LogP contribution >= 0.6 is 0 Å². The number of nitrogens with zero attached hydrogens (tertiary/aromatic N) is 6. The maximum atomic E-state index is 5.33. The Morgan fingerprint density at radius 3 is 2.29 bits per heavy atom. The summed E-state index contributed by atoms with van der Waals surface area (Å²) in [5, 5.41) is 8.63. The third-order valence-electron chi connectivity index (χ3n) is 7.65. The highest BCUT2D eigenvalue weighted by Gasteiger charge is 2.41. The Bertz CT molecular complexity index is 1810. The molecule has 0 spiro atoms. The highest BCUT2D eigenvalue weighted by molar-refractivity contribution is 6.51. The molecular weight excluding hydrogens is 506 g/mol. The summed E-state index contributed by atoms with van der Waals surface area (Å²) in [5.74, 6) is 2.28. The summed E-state index contributed by atoms with van der Waals surface area (Å²) in [5.41, 5.74) is 9.36. The van der Waals surface area contributed by atoms with Gasteiger partial charge in [0.25, 0.3) is 0 Å². The first-order valence-electron chi connectivity index (χ1n) is 13.8. The van der Waals surface area contributed by atoms with E-state index < -0.39 is 0 Å². The predicted octanol–water partition coefficient (Wildman–Crippen LogP) is 7.35. The van der Waals surface area contributed by atoms with Crippen LogP contribution < -0.4 is 15.1 Å². The highest BCUT2D eigenvalue weighted by atomic mass is 15.4. The Balaban J connectivity index is 1.48. The SMILES string of the molecule is Cc1cccc(NC2=Nc3ccccc3N3C2=Nc2c(c(C)nn2-c2ccccc2)[C@H]3c2ccc(N(C)C)cc2)c1. The van der Waals surface area contributed by atoms with E-state index in [0.717, 1.165) is 56.9 Å². The van der Waals surface area contributed by atoms with Gasteiger partial charge in [0.15, 0.2) is 17.5 Å². The minimum Gasteiger partial charge on any atom is -0.378 e. The maximum absolute atomic E-state index is 5.33. The quantitative estimate of drug-likeness (QED) is 0.260. The van der Waals surface area contributed by atoms with Gasteiger partial charge in [-0.05, 0) is 73.5 Å². The van der Waals surface area contributed by atoms with Gasteiger partial charge in [0.2, 0.25) is 0 Å². The monoisotopic (exact) mass is 537 g/mol. The van der Waals surface area contributed by atoms with Crippen LogP contribution in [0.4, 0.5) is 28.6 Å². The Hall–Kier alpha value is -5.17. The van der Waals surface area contributed by atoms with Gasteiger partial charge in [-0.2, -0.15) is 5.10 Å². The first kappa shape index (κ1) is 24.8. The molecule has 1 aromatic heterocycles. The summed E-state index contributed by atoms with van der Waals surface area (Å²) < 4.78 is 1.96. The van der Waals surface area contributed by atoms with E-state index in [2.05, 4.69) is 122 Å². The molecule has 3 heterocycles. The van der Waals surface area contributed by atoms with E-state index in [9.17, 15) is 0 Å². The van der Waals surface area contributed by atoms with Crippen LogP contribution in [0.1, 0.15) is 28.4 Å². The lowest BCUT2D eigenvalue weighted by Gasteiger charge is -2.40. The van der Waals surface area contributed by atoms with Crippen molar-refractivity contribution in [2.45, 2.75) is 19.9 Å². The lowest BCUT2D eigenvalue weighted by atomic mass is 9.93. The van der Waals surface area contributed by atoms with E-state index in [1.807, 2.05) is 28.9 Å². The van der Waals surface area contributed by atoms with Crippen molar-refractivity contribution in [3.05, 3.63) is 126 Å². The Kier molecular flexibility index (Phi) is 5.93. The molecule has 0 aliphatic carbocycles. The molecule has 0 saturated heterocycles. The number of hydrogen-bond donors (Lipinski definition) is 1. The molecule has 7 rings (SSSR count). The van der Waals surface area contributed by atoms with Gasteiger partial charge in [0.05, 0.1) is 28.8 Å². The molecule has 1 atom stereocenters. The molecule has 202 valence electrons. The molecule has 2 aliphatic rings. The predicted molar refractivity (Wildman–Crippen MR) is 169 cm³/mol. The Morgan fingerprint density at radius 1 is 0.780 bits per heavy atom. The molecular formula is C34H31N7. The smallest absolute Gasteiger partial charge is 0.179 e. The van der Waals surface area contributed by atoms with Gasteiger partial charge in [-0.15, -0.1) is 0 Å². The third kappa shape index (κ3) is 4.26. The van der Waals surface area contributed by atoms with Gasteiger partial charge < -0.3 is 15.1 Å². The van der Waals surface area contributed by atoms with Crippen molar-refractivity contribution in [1.82, 2.24) is 9.78 Å². The average molecular weight is 538 g/mol. The van der Waals surface area contributed by atoms with Crippen molar-refractivity contribution in [2.75, 3.05) is 29.2 Å². The second-order valence-corrected chi connectivity index (χ2v) is 10.7. The van der Waals surface area contributed by atoms with Gasteiger partial charge in [-0.3, -0.25) is 0 Å². The summed E-state index contributed by atoms with van der Waals surface area (Å²) in [6.07, 6.45) is 0. The minimum atomic E-state index is -0.155.